The molecule has 2 saturated carbocycles. The molecule has 4 N–H and O–H groups in total. The summed E-state index contributed by atoms with van der Waals surface area (Å²) in [7, 11) is 0. The molecule has 2 aliphatic carbocycles. The van der Waals surface area contributed by atoms with E-state index < -0.39 is 12.2 Å². The van der Waals surface area contributed by atoms with E-state index in [1.54, 1.807) is 0 Å². The monoisotopic (exact) mass is 288 g/mol. The van der Waals surface area contributed by atoms with Gasteiger partial charge in [-0.3, -0.25) is 0 Å². The molecule has 3 atom stereocenters. The Hall–Kier alpha value is -1.66. The maximum atomic E-state index is 10.5. The van der Waals surface area contributed by atoms with Crippen LogP contribution in [0.3, 0.4) is 0 Å². The Balaban J connectivity index is 1.74. The lowest BCUT2D eigenvalue weighted by molar-refractivity contribution is -0.0805. The van der Waals surface area contributed by atoms with E-state index >= 15 is 0 Å². The minimum atomic E-state index is -0.760. The number of nitrogens with two attached hydrogens (primary N) is 1. The SMILES string of the molecule is CC1CC2(C1)C[C@@H](n1ccc3c(N)ncnc31)[C@H](O)[C@@H]2O. The van der Waals surface area contributed by atoms with Gasteiger partial charge in [0.1, 0.15) is 23.9 Å². The van der Waals surface area contributed by atoms with Gasteiger partial charge in [0.05, 0.1) is 17.5 Å². The van der Waals surface area contributed by atoms with E-state index in [-0.39, 0.29) is 11.5 Å². The van der Waals surface area contributed by atoms with Crippen molar-refractivity contribution in [1.82, 2.24) is 14.5 Å². The lowest BCUT2D eigenvalue weighted by atomic mass is 9.60. The van der Waals surface area contributed by atoms with E-state index in [0.717, 1.165) is 30.3 Å². The summed E-state index contributed by atoms with van der Waals surface area (Å²) >= 11 is 0. The van der Waals surface area contributed by atoms with E-state index in [0.29, 0.717) is 11.7 Å². The molecule has 0 unspecified atom stereocenters. The fraction of sp³-hybridized carbons (Fsp3) is 0.600. The van der Waals surface area contributed by atoms with Crippen LogP contribution in [-0.4, -0.2) is 37.0 Å². The molecular weight excluding hydrogens is 268 g/mol. The van der Waals surface area contributed by atoms with Crippen molar-refractivity contribution in [2.24, 2.45) is 11.3 Å². The topological polar surface area (TPSA) is 97.2 Å². The number of fused-ring (bicyclic) bond motifs is 1. The minimum Gasteiger partial charge on any atom is -0.390 e. The van der Waals surface area contributed by atoms with Crippen LogP contribution >= 0.6 is 0 Å². The molecule has 6 nitrogen and oxygen atoms in total. The lowest BCUT2D eigenvalue weighted by Gasteiger charge is -2.46. The third-order valence-electron chi connectivity index (χ3n) is 5.37. The summed E-state index contributed by atoms with van der Waals surface area (Å²) in [5.74, 6) is 1.07. The van der Waals surface area contributed by atoms with Crippen molar-refractivity contribution in [2.45, 2.75) is 44.4 Å². The van der Waals surface area contributed by atoms with Gasteiger partial charge in [0.15, 0.2) is 0 Å². The van der Waals surface area contributed by atoms with Crippen molar-refractivity contribution in [3.05, 3.63) is 18.6 Å². The molecule has 0 bridgehead atoms. The third-order valence-corrected chi connectivity index (χ3v) is 5.37. The fourth-order valence-corrected chi connectivity index (χ4v) is 4.49. The van der Waals surface area contributed by atoms with Gasteiger partial charge in [-0.25, -0.2) is 9.97 Å². The van der Waals surface area contributed by atoms with Crippen molar-refractivity contribution in [3.63, 3.8) is 0 Å². The molecule has 2 aromatic heterocycles. The predicted octanol–water partition coefficient (Wildman–Crippen LogP) is 1.10. The van der Waals surface area contributed by atoms with Gasteiger partial charge in [-0.05, 0) is 31.2 Å². The zero-order valence-electron chi connectivity index (χ0n) is 12.0. The highest BCUT2D eigenvalue weighted by molar-refractivity contribution is 5.86. The molecule has 2 aliphatic rings. The molecule has 4 rings (SSSR count). The van der Waals surface area contributed by atoms with Gasteiger partial charge in [-0.2, -0.15) is 0 Å². The molecule has 112 valence electrons. The van der Waals surface area contributed by atoms with E-state index in [2.05, 4.69) is 16.9 Å². The Morgan fingerprint density at radius 1 is 1.29 bits per heavy atom. The number of hydrogen-bond donors (Lipinski definition) is 3. The highest BCUT2D eigenvalue weighted by Crippen LogP contribution is 2.59. The molecule has 0 saturated heterocycles. The Kier molecular flexibility index (Phi) is 2.59. The van der Waals surface area contributed by atoms with E-state index in [1.165, 1.54) is 6.33 Å². The van der Waals surface area contributed by atoms with Crippen molar-refractivity contribution in [1.29, 1.82) is 0 Å². The number of aliphatic hydroxyl groups is 2. The second kappa shape index (κ2) is 4.18. The molecule has 0 amide bonds. The first-order valence-corrected chi connectivity index (χ1v) is 7.45. The van der Waals surface area contributed by atoms with Crippen molar-refractivity contribution >= 4 is 16.9 Å². The molecule has 1 spiro atoms. The number of hydrogen-bond acceptors (Lipinski definition) is 5. The Bertz CT molecular complexity index is 692. The highest BCUT2D eigenvalue weighted by Gasteiger charge is 2.58. The average molecular weight is 288 g/mol. The summed E-state index contributed by atoms with van der Waals surface area (Å²) in [4.78, 5) is 8.28. The smallest absolute Gasteiger partial charge is 0.145 e. The maximum Gasteiger partial charge on any atom is 0.145 e. The van der Waals surface area contributed by atoms with Gasteiger partial charge >= 0.3 is 0 Å². The lowest BCUT2D eigenvalue weighted by Crippen LogP contribution is -2.45. The first-order chi connectivity index (χ1) is 10.0. The molecule has 6 heteroatoms. The van der Waals surface area contributed by atoms with Crippen molar-refractivity contribution in [3.8, 4) is 0 Å². The molecule has 2 fully saturated rings. The number of nitrogens with zero attached hydrogens (tertiary/aromatic N) is 3. The van der Waals surface area contributed by atoms with Gasteiger partial charge in [0, 0.05) is 11.6 Å². The van der Waals surface area contributed by atoms with Gasteiger partial charge in [0.25, 0.3) is 0 Å². The minimum absolute atomic E-state index is 0.126. The van der Waals surface area contributed by atoms with E-state index in [4.69, 9.17) is 5.73 Å². The largest absolute Gasteiger partial charge is 0.390 e. The number of nitrogen functional groups attached to an aromatic ring is 1. The maximum absolute atomic E-state index is 10.5. The van der Waals surface area contributed by atoms with Crippen LogP contribution in [0.2, 0.25) is 0 Å². The van der Waals surface area contributed by atoms with Crippen molar-refractivity contribution < 1.29 is 10.2 Å². The van der Waals surface area contributed by atoms with Gasteiger partial charge < -0.3 is 20.5 Å². The predicted molar refractivity (Wildman–Crippen MR) is 78.4 cm³/mol. The summed E-state index contributed by atoms with van der Waals surface area (Å²) in [6.45, 7) is 2.19. The first kappa shape index (κ1) is 13.0. The number of aromatic nitrogens is 3. The van der Waals surface area contributed by atoms with Gasteiger partial charge in [0.2, 0.25) is 0 Å². The second-order valence-corrected chi connectivity index (χ2v) is 6.80. The van der Waals surface area contributed by atoms with Crippen LogP contribution < -0.4 is 5.73 Å². The first-order valence-electron chi connectivity index (χ1n) is 7.45. The number of rotatable bonds is 1. The molecule has 0 radical (unpaired) electrons. The molecule has 0 aromatic carbocycles. The van der Waals surface area contributed by atoms with Gasteiger partial charge in [-0.15, -0.1) is 0 Å². The summed E-state index contributed by atoms with van der Waals surface area (Å²) in [5, 5.41) is 21.8. The molecular formula is C15H20N4O2. The van der Waals surface area contributed by atoms with Crippen LogP contribution in [0.15, 0.2) is 18.6 Å². The zero-order chi connectivity index (χ0) is 14.8. The van der Waals surface area contributed by atoms with Crippen molar-refractivity contribution in [2.75, 3.05) is 5.73 Å². The average Bonchev–Trinajstić information content (AvgIpc) is 2.95. The van der Waals surface area contributed by atoms with Crippen LogP contribution in [0.1, 0.15) is 32.2 Å². The summed E-state index contributed by atoms with van der Waals surface area (Å²) in [5.41, 5.74) is 6.46. The molecule has 2 heterocycles. The number of anilines is 1. The van der Waals surface area contributed by atoms with Gasteiger partial charge in [-0.1, -0.05) is 6.92 Å². The Morgan fingerprint density at radius 2 is 2.05 bits per heavy atom. The van der Waals surface area contributed by atoms with E-state index in [9.17, 15) is 10.2 Å². The van der Waals surface area contributed by atoms with Crippen LogP contribution in [0, 0.1) is 11.3 Å². The molecule has 21 heavy (non-hydrogen) atoms. The highest BCUT2D eigenvalue weighted by atomic mass is 16.3. The van der Waals surface area contributed by atoms with Crippen LogP contribution in [0.5, 0.6) is 0 Å². The zero-order valence-corrected chi connectivity index (χ0v) is 12.0. The van der Waals surface area contributed by atoms with E-state index in [1.807, 2.05) is 16.8 Å². The standard InChI is InChI=1S/C15H20N4O2/c1-8-4-15(5-8)6-10(11(20)12(15)21)19-3-2-9-13(16)17-7-18-14(9)19/h2-3,7-8,10-12,20-21H,4-6H2,1H3,(H2,16,17,18)/t8?,10-,11+,12+,15?/m1/s1. The Morgan fingerprint density at radius 3 is 2.76 bits per heavy atom. The van der Waals surface area contributed by atoms with Crippen LogP contribution in [0.4, 0.5) is 5.82 Å². The molecule has 2 aromatic rings. The molecule has 0 aliphatic heterocycles. The Labute approximate surface area is 122 Å². The fourth-order valence-electron chi connectivity index (χ4n) is 4.49. The summed E-state index contributed by atoms with van der Waals surface area (Å²) in [6, 6.07) is 1.72. The van der Waals surface area contributed by atoms with Crippen LogP contribution in [0.25, 0.3) is 11.0 Å². The number of aliphatic hydroxyl groups excluding tert-OH is 2. The summed E-state index contributed by atoms with van der Waals surface area (Å²) in [6.07, 6.45) is 4.66. The second-order valence-electron chi connectivity index (χ2n) is 6.80. The third kappa shape index (κ3) is 1.66. The quantitative estimate of drug-likeness (QED) is 0.730. The summed E-state index contributed by atoms with van der Waals surface area (Å²) < 4.78 is 1.94. The van der Waals surface area contributed by atoms with Crippen LogP contribution in [-0.2, 0) is 0 Å². The normalized spacial score (nSPS) is 39.0.